The van der Waals surface area contributed by atoms with Gasteiger partial charge in [-0.15, -0.1) is 0 Å². The molecule has 0 aliphatic rings. The van der Waals surface area contributed by atoms with Crippen LogP contribution in [-0.2, 0) is 38.0 Å². The van der Waals surface area contributed by atoms with Gasteiger partial charge in [0.15, 0.2) is 11.6 Å². The van der Waals surface area contributed by atoms with Crippen LogP contribution in [0.2, 0.25) is 0 Å². The third-order valence-electron chi connectivity index (χ3n) is 10.7. The highest BCUT2D eigenvalue weighted by Crippen LogP contribution is 2.29. The molecule has 0 spiro atoms. The van der Waals surface area contributed by atoms with Gasteiger partial charge in [0.25, 0.3) is 0 Å². The largest absolute Gasteiger partial charge is 0.465 e. The lowest BCUT2D eigenvalue weighted by Gasteiger charge is -2.33. The van der Waals surface area contributed by atoms with E-state index in [2.05, 4.69) is 13.8 Å². The van der Waals surface area contributed by atoms with Gasteiger partial charge in [-0.25, -0.2) is 0 Å². The van der Waals surface area contributed by atoms with E-state index in [4.69, 9.17) is 28.4 Å². The van der Waals surface area contributed by atoms with Gasteiger partial charge >= 0.3 is 11.9 Å². The van der Waals surface area contributed by atoms with Crippen molar-refractivity contribution in [3.63, 3.8) is 0 Å². The number of carbonyl (C=O) groups is 2. The van der Waals surface area contributed by atoms with Crippen LogP contribution in [0.4, 0.5) is 0 Å². The lowest BCUT2D eigenvalue weighted by atomic mass is 10.00. The highest BCUT2D eigenvalue weighted by molar-refractivity contribution is 5.91. The molecule has 328 valence electrons. The van der Waals surface area contributed by atoms with Crippen molar-refractivity contribution in [2.75, 3.05) is 39.6 Å². The summed E-state index contributed by atoms with van der Waals surface area (Å²) in [5.74, 6) is -2.43. The fourth-order valence-corrected chi connectivity index (χ4v) is 7.71. The average molecular weight is 785 g/mol. The molecular formula is C47H92O8. The number of hydrogen-bond acceptors (Lipinski definition) is 8. The molecule has 0 saturated heterocycles. The highest BCUT2D eigenvalue weighted by Gasteiger charge is 2.31. The van der Waals surface area contributed by atoms with Gasteiger partial charge in [-0.05, 0) is 53.4 Å². The van der Waals surface area contributed by atoms with E-state index in [9.17, 15) is 9.59 Å². The van der Waals surface area contributed by atoms with E-state index < -0.39 is 23.5 Å². The molecule has 0 amide bonds. The normalized spacial score (nSPS) is 12.0. The van der Waals surface area contributed by atoms with Crippen LogP contribution in [0, 0.1) is 0 Å². The number of esters is 2. The summed E-state index contributed by atoms with van der Waals surface area (Å²) in [6.45, 7) is 15.2. The number of ether oxygens (including phenoxy) is 6. The summed E-state index contributed by atoms with van der Waals surface area (Å²) in [6.07, 6.45) is 35.1. The molecule has 55 heavy (non-hydrogen) atoms. The summed E-state index contributed by atoms with van der Waals surface area (Å²) in [5, 5.41) is 0. The monoisotopic (exact) mass is 785 g/mol. The molecule has 8 heteroatoms. The SMILES string of the molecule is CCCCCCCCCCCCCCC(CCCOC(=O)CC(=O)OCCCC(CCCCCCCCCCCCCC)(OCC)OCC)(OCC)OCC. The zero-order chi connectivity index (χ0) is 40.6. The van der Waals surface area contributed by atoms with E-state index in [0.717, 1.165) is 25.7 Å². The van der Waals surface area contributed by atoms with E-state index in [1.165, 1.54) is 141 Å². The third kappa shape index (κ3) is 32.4. The Kier molecular flexibility index (Phi) is 38.7. The first kappa shape index (κ1) is 53.8. The van der Waals surface area contributed by atoms with E-state index in [0.29, 0.717) is 52.1 Å². The first-order valence-corrected chi connectivity index (χ1v) is 23.7. The summed E-state index contributed by atoms with van der Waals surface area (Å²) < 4.78 is 35.5. The summed E-state index contributed by atoms with van der Waals surface area (Å²) in [4.78, 5) is 24.9. The molecule has 0 saturated carbocycles. The molecule has 0 atom stereocenters. The van der Waals surface area contributed by atoms with Crippen molar-refractivity contribution >= 4 is 11.9 Å². The predicted octanol–water partition coefficient (Wildman–Crippen LogP) is 13.7. The molecule has 0 fully saturated rings. The molecular weight excluding hydrogens is 693 g/mol. The van der Waals surface area contributed by atoms with Gasteiger partial charge in [0.1, 0.15) is 6.42 Å². The fraction of sp³-hybridized carbons (Fsp3) is 0.957. The van der Waals surface area contributed by atoms with Crippen molar-refractivity contribution in [3.05, 3.63) is 0 Å². The Hall–Kier alpha value is -1.22. The van der Waals surface area contributed by atoms with Gasteiger partial charge in [0.05, 0.1) is 13.2 Å². The first-order chi connectivity index (χ1) is 26.9. The first-order valence-electron chi connectivity index (χ1n) is 23.7. The number of unbranched alkanes of at least 4 members (excludes halogenated alkanes) is 22. The van der Waals surface area contributed by atoms with Crippen LogP contribution in [0.25, 0.3) is 0 Å². The molecule has 8 nitrogen and oxygen atoms in total. The third-order valence-corrected chi connectivity index (χ3v) is 10.7. The molecule has 0 aromatic heterocycles. The number of hydrogen-bond donors (Lipinski definition) is 0. The van der Waals surface area contributed by atoms with Gasteiger partial charge in [0, 0.05) is 52.1 Å². The molecule has 0 bridgehead atoms. The lowest BCUT2D eigenvalue weighted by molar-refractivity contribution is -0.243. The molecule has 0 aromatic rings. The van der Waals surface area contributed by atoms with Crippen molar-refractivity contribution in [2.24, 2.45) is 0 Å². The average Bonchev–Trinajstić information content (AvgIpc) is 3.16. The Balaban J connectivity index is 4.37. The van der Waals surface area contributed by atoms with Crippen LogP contribution in [0.1, 0.15) is 241 Å². The standard InChI is InChI=1S/C47H92O8/c1-7-13-15-17-19-21-23-25-27-29-31-33-37-46(52-9-3,53-10-4)39-35-41-50-44(48)43-45(49)51-42-36-40-47(54-11-5,55-12-6)38-34-32-30-28-26-24-22-20-18-16-14-8-2/h7-43H2,1-6H3. The Labute approximate surface area is 341 Å². The van der Waals surface area contributed by atoms with Crippen LogP contribution in [0.15, 0.2) is 0 Å². The Morgan fingerprint density at radius 1 is 0.327 bits per heavy atom. The predicted molar refractivity (Wildman–Crippen MR) is 228 cm³/mol. The van der Waals surface area contributed by atoms with Crippen molar-refractivity contribution in [2.45, 2.75) is 252 Å². The minimum Gasteiger partial charge on any atom is -0.465 e. The van der Waals surface area contributed by atoms with Crippen LogP contribution in [0.3, 0.4) is 0 Å². The second-order valence-corrected chi connectivity index (χ2v) is 15.7. The van der Waals surface area contributed by atoms with E-state index in [-0.39, 0.29) is 19.6 Å². The number of carbonyl (C=O) groups excluding carboxylic acids is 2. The Morgan fingerprint density at radius 2 is 0.564 bits per heavy atom. The molecule has 0 radical (unpaired) electrons. The van der Waals surface area contributed by atoms with Crippen LogP contribution in [-0.4, -0.2) is 63.2 Å². The molecule has 0 unspecified atom stereocenters. The fourth-order valence-electron chi connectivity index (χ4n) is 7.71. The van der Waals surface area contributed by atoms with Crippen molar-refractivity contribution in [1.82, 2.24) is 0 Å². The van der Waals surface area contributed by atoms with Crippen molar-refractivity contribution in [1.29, 1.82) is 0 Å². The van der Waals surface area contributed by atoms with Crippen LogP contribution >= 0.6 is 0 Å². The zero-order valence-corrected chi connectivity index (χ0v) is 37.4. The van der Waals surface area contributed by atoms with E-state index >= 15 is 0 Å². The Morgan fingerprint density at radius 3 is 0.818 bits per heavy atom. The Bertz CT molecular complexity index is 756. The maximum atomic E-state index is 12.5. The summed E-state index contributed by atoms with van der Waals surface area (Å²) in [6, 6.07) is 0. The zero-order valence-electron chi connectivity index (χ0n) is 37.4. The van der Waals surface area contributed by atoms with Gasteiger partial charge in [-0.1, -0.05) is 155 Å². The topological polar surface area (TPSA) is 89.5 Å². The van der Waals surface area contributed by atoms with Gasteiger partial charge in [-0.3, -0.25) is 9.59 Å². The van der Waals surface area contributed by atoms with Gasteiger partial charge in [-0.2, -0.15) is 0 Å². The smallest absolute Gasteiger partial charge is 0.317 e. The molecule has 0 aliphatic carbocycles. The number of rotatable bonds is 44. The maximum Gasteiger partial charge on any atom is 0.317 e. The molecule has 0 heterocycles. The minimum atomic E-state index is -0.654. The lowest BCUT2D eigenvalue weighted by Crippen LogP contribution is -2.37. The van der Waals surface area contributed by atoms with Crippen molar-refractivity contribution < 1.29 is 38.0 Å². The van der Waals surface area contributed by atoms with Crippen LogP contribution < -0.4 is 0 Å². The summed E-state index contributed by atoms with van der Waals surface area (Å²) in [7, 11) is 0. The van der Waals surface area contributed by atoms with Crippen LogP contribution in [0.5, 0.6) is 0 Å². The molecule has 0 aromatic carbocycles. The van der Waals surface area contributed by atoms with Crippen molar-refractivity contribution in [3.8, 4) is 0 Å². The second kappa shape index (κ2) is 39.6. The second-order valence-electron chi connectivity index (χ2n) is 15.7. The molecule has 0 rings (SSSR count). The minimum absolute atomic E-state index is 0.219. The quantitative estimate of drug-likeness (QED) is 0.0261. The van der Waals surface area contributed by atoms with E-state index in [1.54, 1.807) is 0 Å². The van der Waals surface area contributed by atoms with Gasteiger partial charge < -0.3 is 28.4 Å². The molecule has 0 aliphatic heterocycles. The highest BCUT2D eigenvalue weighted by atomic mass is 16.7. The molecule has 0 N–H and O–H groups in total. The van der Waals surface area contributed by atoms with Gasteiger partial charge in [0.2, 0.25) is 0 Å². The van der Waals surface area contributed by atoms with E-state index in [1.807, 2.05) is 27.7 Å². The maximum absolute atomic E-state index is 12.5. The summed E-state index contributed by atoms with van der Waals surface area (Å²) >= 11 is 0. The summed E-state index contributed by atoms with van der Waals surface area (Å²) in [5.41, 5.74) is 0.